The molecule has 0 radical (unpaired) electrons. The number of nitrogens with zero attached hydrogens (tertiary/aromatic N) is 1. The molecule has 0 amide bonds. The lowest BCUT2D eigenvalue weighted by molar-refractivity contribution is 0.234. The van der Waals surface area contributed by atoms with Gasteiger partial charge in [-0.3, -0.25) is 4.90 Å². The molecule has 1 rings (SSSR count). The predicted octanol–water partition coefficient (Wildman–Crippen LogP) is 1.08. The van der Waals surface area contributed by atoms with E-state index < -0.39 is 0 Å². The molecule has 3 heteroatoms. The normalized spacial score (nSPS) is 19.9. The SMILES string of the molecule is C=CCC(NCCN1CCNCC1)C(C)C. The van der Waals surface area contributed by atoms with E-state index in [0.29, 0.717) is 12.0 Å². The summed E-state index contributed by atoms with van der Waals surface area (Å²) in [6.45, 7) is 15.3. The topological polar surface area (TPSA) is 27.3 Å². The zero-order valence-electron chi connectivity index (χ0n) is 10.8. The van der Waals surface area contributed by atoms with Crippen LogP contribution in [0, 0.1) is 5.92 Å². The van der Waals surface area contributed by atoms with Gasteiger partial charge in [-0.1, -0.05) is 19.9 Å². The lowest BCUT2D eigenvalue weighted by Gasteiger charge is -2.28. The molecule has 0 aliphatic carbocycles. The molecule has 94 valence electrons. The second kappa shape index (κ2) is 7.82. The van der Waals surface area contributed by atoms with Crippen LogP contribution in [-0.4, -0.2) is 50.2 Å². The van der Waals surface area contributed by atoms with E-state index in [9.17, 15) is 0 Å². The standard InChI is InChI=1S/C13H27N3/c1-4-5-13(12(2)3)15-8-11-16-9-6-14-7-10-16/h4,12-15H,1,5-11H2,2-3H3. The molecule has 2 N–H and O–H groups in total. The molecule has 1 atom stereocenters. The lowest BCUT2D eigenvalue weighted by atomic mass is 10.0. The predicted molar refractivity (Wildman–Crippen MR) is 70.8 cm³/mol. The van der Waals surface area contributed by atoms with Crippen molar-refractivity contribution in [3.63, 3.8) is 0 Å². The van der Waals surface area contributed by atoms with Crippen molar-refractivity contribution >= 4 is 0 Å². The van der Waals surface area contributed by atoms with E-state index in [1.807, 2.05) is 6.08 Å². The average Bonchev–Trinajstić information content (AvgIpc) is 2.29. The molecule has 1 aliphatic heterocycles. The van der Waals surface area contributed by atoms with Crippen molar-refractivity contribution in [3.8, 4) is 0 Å². The highest BCUT2D eigenvalue weighted by Gasteiger charge is 2.12. The van der Waals surface area contributed by atoms with Gasteiger partial charge < -0.3 is 10.6 Å². The molecule has 0 aromatic heterocycles. The van der Waals surface area contributed by atoms with E-state index in [1.54, 1.807) is 0 Å². The quantitative estimate of drug-likeness (QED) is 0.635. The summed E-state index contributed by atoms with van der Waals surface area (Å²) in [6, 6.07) is 0.584. The Labute approximate surface area is 100 Å². The Hall–Kier alpha value is -0.380. The van der Waals surface area contributed by atoms with E-state index in [-0.39, 0.29) is 0 Å². The van der Waals surface area contributed by atoms with Crippen LogP contribution in [0.3, 0.4) is 0 Å². The van der Waals surface area contributed by atoms with Crippen LogP contribution in [0.15, 0.2) is 12.7 Å². The fourth-order valence-electron chi connectivity index (χ4n) is 2.11. The third-order valence-corrected chi connectivity index (χ3v) is 3.27. The summed E-state index contributed by atoms with van der Waals surface area (Å²) in [7, 11) is 0. The molecule has 1 fully saturated rings. The molecule has 1 heterocycles. The molecule has 1 saturated heterocycles. The molecule has 1 aliphatic rings. The highest BCUT2D eigenvalue weighted by molar-refractivity contribution is 4.80. The van der Waals surface area contributed by atoms with Crippen LogP contribution in [0.2, 0.25) is 0 Å². The lowest BCUT2D eigenvalue weighted by Crippen LogP contribution is -2.47. The first kappa shape index (κ1) is 13.7. The van der Waals surface area contributed by atoms with Crippen LogP contribution >= 0.6 is 0 Å². The molecule has 0 aromatic carbocycles. The summed E-state index contributed by atoms with van der Waals surface area (Å²) in [5, 5.41) is 7.01. The van der Waals surface area contributed by atoms with Crippen molar-refractivity contribution in [2.75, 3.05) is 39.3 Å². The first-order chi connectivity index (χ1) is 7.74. The fourth-order valence-corrected chi connectivity index (χ4v) is 2.11. The Bertz CT molecular complexity index is 186. The molecular formula is C13H27N3. The van der Waals surface area contributed by atoms with Crippen LogP contribution in [0.5, 0.6) is 0 Å². The van der Waals surface area contributed by atoms with Crippen LogP contribution in [-0.2, 0) is 0 Å². The Balaban J connectivity index is 2.13. The monoisotopic (exact) mass is 225 g/mol. The summed E-state index contributed by atoms with van der Waals surface area (Å²) in [5.74, 6) is 0.682. The van der Waals surface area contributed by atoms with Gasteiger partial charge in [-0.05, 0) is 12.3 Å². The summed E-state index contributed by atoms with van der Waals surface area (Å²) in [4.78, 5) is 2.52. The van der Waals surface area contributed by atoms with Gasteiger partial charge in [0.15, 0.2) is 0 Å². The second-order valence-corrected chi connectivity index (χ2v) is 4.92. The summed E-state index contributed by atoms with van der Waals surface area (Å²) in [6.07, 6.45) is 3.09. The maximum absolute atomic E-state index is 3.82. The van der Waals surface area contributed by atoms with Gasteiger partial charge in [0, 0.05) is 45.3 Å². The van der Waals surface area contributed by atoms with E-state index in [2.05, 4.69) is 36.0 Å². The van der Waals surface area contributed by atoms with Gasteiger partial charge in [-0.25, -0.2) is 0 Å². The third-order valence-electron chi connectivity index (χ3n) is 3.27. The third kappa shape index (κ3) is 5.10. The van der Waals surface area contributed by atoms with Gasteiger partial charge in [0.1, 0.15) is 0 Å². The van der Waals surface area contributed by atoms with Crippen molar-refractivity contribution in [3.05, 3.63) is 12.7 Å². The highest BCUT2D eigenvalue weighted by atomic mass is 15.2. The van der Waals surface area contributed by atoms with Gasteiger partial charge >= 0.3 is 0 Å². The maximum Gasteiger partial charge on any atom is 0.0125 e. The van der Waals surface area contributed by atoms with Crippen molar-refractivity contribution in [2.45, 2.75) is 26.3 Å². The van der Waals surface area contributed by atoms with Gasteiger partial charge in [0.2, 0.25) is 0 Å². The van der Waals surface area contributed by atoms with Crippen molar-refractivity contribution < 1.29 is 0 Å². The number of piperazine rings is 1. The largest absolute Gasteiger partial charge is 0.314 e. The summed E-state index contributed by atoms with van der Waals surface area (Å²) >= 11 is 0. The molecule has 0 spiro atoms. The minimum absolute atomic E-state index is 0.584. The molecule has 16 heavy (non-hydrogen) atoms. The number of nitrogens with one attached hydrogen (secondary N) is 2. The average molecular weight is 225 g/mol. The van der Waals surface area contributed by atoms with E-state index in [1.165, 1.54) is 19.6 Å². The van der Waals surface area contributed by atoms with Gasteiger partial charge in [-0.2, -0.15) is 0 Å². The Kier molecular flexibility index (Phi) is 6.69. The van der Waals surface area contributed by atoms with Crippen LogP contribution in [0.4, 0.5) is 0 Å². The smallest absolute Gasteiger partial charge is 0.0125 e. The van der Waals surface area contributed by atoms with Crippen LogP contribution in [0.1, 0.15) is 20.3 Å². The Morgan fingerprint density at radius 1 is 1.38 bits per heavy atom. The van der Waals surface area contributed by atoms with Gasteiger partial charge in [0.05, 0.1) is 0 Å². The molecule has 0 bridgehead atoms. The zero-order valence-corrected chi connectivity index (χ0v) is 10.8. The first-order valence-electron chi connectivity index (χ1n) is 6.51. The summed E-state index contributed by atoms with van der Waals surface area (Å²) < 4.78 is 0. The van der Waals surface area contributed by atoms with Crippen molar-refractivity contribution in [2.24, 2.45) is 5.92 Å². The number of hydrogen-bond donors (Lipinski definition) is 2. The van der Waals surface area contributed by atoms with Crippen molar-refractivity contribution in [1.82, 2.24) is 15.5 Å². The molecule has 0 aromatic rings. The Morgan fingerprint density at radius 3 is 2.62 bits per heavy atom. The van der Waals surface area contributed by atoms with Gasteiger partial charge in [-0.15, -0.1) is 6.58 Å². The fraction of sp³-hybridized carbons (Fsp3) is 0.846. The molecular weight excluding hydrogens is 198 g/mol. The molecule has 0 saturated carbocycles. The number of rotatable bonds is 7. The van der Waals surface area contributed by atoms with Crippen molar-refractivity contribution in [1.29, 1.82) is 0 Å². The molecule has 1 unspecified atom stereocenters. The minimum Gasteiger partial charge on any atom is -0.314 e. The van der Waals surface area contributed by atoms with E-state index >= 15 is 0 Å². The highest BCUT2D eigenvalue weighted by Crippen LogP contribution is 2.06. The second-order valence-electron chi connectivity index (χ2n) is 4.92. The maximum atomic E-state index is 3.82. The van der Waals surface area contributed by atoms with E-state index in [4.69, 9.17) is 0 Å². The van der Waals surface area contributed by atoms with Crippen LogP contribution in [0.25, 0.3) is 0 Å². The van der Waals surface area contributed by atoms with Gasteiger partial charge in [0.25, 0.3) is 0 Å². The van der Waals surface area contributed by atoms with E-state index in [0.717, 1.165) is 26.1 Å². The Morgan fingerprint density at radius 2 is 2.06 bits per heavy atom. The zero-order chi connectivity index (χ0) is 11.8. The first-order valence-corrected chi connectivity index (χ1v) is 6.51. The minimum atomic E-state index is 0.584. The van der Waals surface area contributed by atoms with Crippen LogP contribution < -0.4 is 10.6 Å². The molecule has 3 nitrogen and oxygen atoms in total. The summed E-state index contributed by atoms with van der Waals surface area (Å²) in [5.41, 5.74) is 0. The number of hydrogen-bond acceptors (Lipinski definition) is 3.